The lowest BCUT2D eigenvalue weighted by Gasteiger charge is -2.19. The highest BCUT2D eigenvalue weighted by molar-refractivity contribution is 6.09. The third-order valence-electron chi connectivity index (χ3n) is 6.11. The van der Waals surface area contributed by atoms with E-state index < -0.39 is 5.63 Å². The predicted octanol–water partition coefficient (Wildman–Crippen LogP) is 5.98. The Kier molecular flexibility index (Phi) is 6.64. The van der Waals surface area contributed by atoms with Crippen LogP contribution in [0.2, 0.25) is 0 Å². The smallest absolute Gasteiger partial charge is 0.344 e. The van der Waals surface area contributed by atoms with Crippen LogP contribution in [0, 0.1) is 0 Å². The van der Waals surface area contributed by atoms with Gasteiger partial charge in [-0.3, -0.25) is 9.59 Å². The average molecular weight is 489 g/mol. The van der Waals surface area contributed by atoms with Gasteiger partial charge in [-0.15, -0.1) is 0 Å². The van der Waals surface area contributed by atoms with Crippen molar-refractivity contribution in [1.29, 1.82) is 0 Å². The summed E-state index contributed by atoms with van der Waals surface area (Å²) in [6.45, 7) is 0.451. The molecule has 0 saturated carbocycles. The van der Waals surface area contributed by atoms with E-state index in [0.717, 1.165) is 10.9 Å². The highest BCUT2D eigenvalue weighted by Crippen LogP contribution is 2.23. The number of carbonyl (C=O) groups excluding carboxylic acids is 2. The van der Waals surface area contributed by atoms with E-state index in [2.05, 4.69) is 5.32 Å². The standard InChI is InChI=1S/C31H24N2O4/c1-33(20-21-9-3-2-4-10-21)30(35)25-12-6-7-13-27(25)32-29(34)23-17-15-22(16-18-23)26-19-24-11-5-8-14-28(24)37-31(26)36/h2-19H,20H2,1H3,(H,32,34). The molecule has 0 fully saturated rings. The zero-order valence-corrected chi connectivity index (χ0v) is 20.2. The lowest BCUT2D eigenvalue weighted by atomic mass is 10.0. The molecule has 0 saturated heterocycles. The quantitative estimate of drug-likeness (QED) is 0.298. The van der Waals surface area contributed by atoms with Crippen molar-refractivity contribution < 1.29 is 14.0 Å². The summed E-state index contributed by atoms with van der Waals surface area (Å²) >= 11 is 0. The van der Waals surface area contributed by atoms with Crippen molar-refractivity contribution in [3.05, 3.63) is 136 Å². The predicted molar refractivity (Wildman–Crippen MR) is 145 cm³/mol. The molecule has 37 heavy (non-hydrogen) atoms. The Bertz CT molecular complexity index is 1640. The lowest BCUT2D eigenvalue weighted by Crippen LogP contribution is -2.27. The number of para-hydroxylation sites is 2. The van der Waals surface area contributed by atoms with Crippen LogP contribution < -0.4 is 10.9 Å². The van der Waals surface area contributed by atoms with Crippen molar-refractivity contribution in [2.75, 3.05) is 12.4 Å². The fourth-order valence-electron chi connectivity index (χ4n) is 4.17. The van der Waals surface area contributed by atoms with Gasteiger partial charge in [0.1, 0.15) is 5.58 Å². The number of rotatable bonds is 6. The fourth-order valence-corrected chi connectivity index (χ4v) is 4.17. The van der Waals surface area contributed by atoms with Gasteiger partial charge in [0.2, 0.25) is 0 Å². The van der Waals surface area contributed by atoms with Crippen LogP contribution in [0.1, 0.15) is 26.3 Å². The van der Waals surface area contributed by atoms with E-state index >= 15 is 0 Å². The molecule has 0 radical (unpaired) electrons. The third kappa shape index (κ3) is 5.18. The van der Waals surface area contributed by atoms with Gasteiger partial charge in [0.15, 0.2) is 0 Å². The highest BCUT2D eigenvalue weighted by Gasteiger charge is 2.18. The molecule has 2 amide bonds. The minimum atomic E-state index is -0.442. The maximum absolute atomic E-state index is 13.2. The summed E-state index contributed by atoms with van der Waals surface area (Å²) in [5.41, 5.74) is 3.39. The molecule has 0 bridgehead atoms. The Morgan fingerprint density at radius 2 is 1.49 bits per heavy atom. The van der Waals surface area contributed by atoms with E-state index in [-0.39, 0.29) is 11.8 Å². The molecular formula is C31H24N2O4. The topological polar surface area (TPSA) is 79.6 Å². The Hall–Kier alpha value is -4.97. The monoisotopic (exact) mass is 488 g/mol. The number of benzene rings is 4. The van der Waals surface area contributed by atoms with Crippen LogP contribution in [0.3, 0.4) is 0 Å². The maximum Gasteiger partial charge on any atom is 0.344 e. The van der Waals surface area contributed by atoms with E-state index in [1.807, 2.05) is 48.5 Å². The average Bonchev–Trinajstić information content (AvgIpc) is 2.93. The summed E-state index contributed by atoms with van der Waals surface area (Å²) in [5, 5.41) is 3.67. The van der Waals surface area contributed by atoms with Crippen molar-refractivity contribution in [2.24, 2.45) is 0 Å². The molecule has 1 N–H and O–H groups in total. The molecule has 5 rings (SSSR count). The van der Waals surface area contributed by atoms with Gasteiger partial charge in [-0.2, -0.15) is 0 Å². The molecule has 6 heteroatoms. The van der Waals surface area contributed by atoms with Crippen LogP contribution in [0.4, 0.5) is 5.69 Å². The fraction of sp³-hybridized carbons (Fsp3) is 0.0645. The first-order chi connectivity index (χ1) is 18.0. The van der Waals surface area contributed by atoms with E-state index in [0.29, 0.717) is 40.1 Å². The number of carbonyl (C=O) groups is 2. The molecule has 1 heterocycles. The second-order valence-electron chi connectivity index (χ2n) is 8.71. The van der Waals surface area contributed by atoms with Crippen LogP contribution in [0.5, 0.6) is 0 Å². The number of anilines is 1. The van der Waals surface area contributed by atoms with E-state index in [1.165, 1.54) is 0 Å². The molecule has 4 aromatic carbocycles. The van der Waals surface area contributed by atoms with Gasteiger partial charge >= 0.3 is 5.63 Å². The summed E-state index contributed by atoms with van der Waals surface area (Å²) in [7, 11) is 1.73. The molecule has 6 nitrogen and oxygen atoms in total. The normalized spacial score (nSPS) is 10.7. The van der Waals surface area contributed by atoms with Crippen LogP contribution in [-0.4, -0.2) is 23.8 Å². The second kappa shape index (κ2) is 10.3. The van der Waals surface area contributed by atoms with Gasteiger partial charge < -0.3 is 14.6 Å². The van der Waals surface area contributed by atoms with Crippen LogP contribution in [-0.2, 0) is 6.54 Å². The number of nitrogens with one attached hydrogen (secondary N) is 1. The summed E-state index contributed by atoms with van der Waals surface area (Å²) in [4.78, 5) is 40.3. The zero-order chi connectivity index (χ0) is 25.8. The molecule has 0 aliphatic carbocycles. The van der Waals surface area contributed by atoms with Crippen LogP contribution in [0.25, 0.3) is 22.1 Å². The van der Waals surface area contributed by atoms with Gasteiger partial charge in [0.25, 0.3) is 11.8 Å². The van der Waals surface area contributed by atoms with Crippen LogP contribution >= 0.6 is 0 Å². The molecule has 182 valence electrons. The largest absolute Gasteiger partial charge is 0.422 e. The first-order valence-corrected chi connectivity index (χ1v) is 11.8. The Labute approximate surface area is 213 Å². The van der Waals surface area contributed by atoms with Gasteiger partial charge in [-0.05, 0) is 47.5 Å². The highest BCUT2D eigenvalue weighted by atomic mass is 16.4. The molecule has 0 unspecified atom stereocenters. The molecule has 0 aliphatic heterocycles. The number of hydrogen-bond acceptors (Lipinski definition) is 4. The Morgan fingerprint density at radius 3 is 2.27 bits per heavy atom. The molecule has 0 atom stereocenters. The molecule has 0 aliphatic rings. The first-order valence-electron chi connectivity index (χ1n) is 11.8. The summed E-state index contributed by atoms with van der Waals surface area (Å²) in [6, 6.07) is 32.4. The SMILES string of the molecule is CN(Cc1ccccc1)C(=O)c1ccccc1NC(=O)c1ccc(-c2cc3ccccc3oc2=O)cc1. The second-order valence-corrected chi connectivity index (χ2v) is 8.71. The Balaban J connectivity index is 1.34. The van der Waals surface area contributed by atoms with Crippen molar-refractivity contribution in [3.63, 3.8) is 0 Å². The van der Waals surface area contributed by atoms with Gasteiger partial charge in [0.05, 0.1) is 16.8 Å². The summed E-state index contributed by atoms with van der Waals surface area (Å²) in [5.74, 6) is -0.554. The van der Waals surface area contributed by atoms with Crippen LogP contribution in [0.15, 0.2) is 118 Å². The molecule has 5 aromatic rings. The molecular weight excluding hydrogens is 464 g/mol. The van der Waals surface area contributed by atoms with Gasteiger partial charge in [-0.25, -0.2) is 4.79 Å². The number of hydrogen-bond donors (Lipinski definition) is 1. The zero-order valence-electron chi connectivity index (χ0n) is 20.2. The summed E-state index contributed by atoms with van der Waals surface area (Å²) in [6.07, 6.45) is 0. The Morgan fingerprint density at radius 1 is 0.811 bits per heavy atom. The van der Waals surface area contributed by atoms with Crippen molar-refractivity contribution in [2.45, 2.75) is 6.54 Å². The lowest BCUT2D eigenvalue weighted by molar-refractivity contribution is 0.0786. The third-order valence-corrected chi connectivity index (χ3v) is 6.11. The van der Waals surface area contributed by atoms with E-state index in [4.69, 9.17) is 4.42 Å². The number of amides is 2. The number of nitrogens with zero attached hydrogens (tertiary/aromatic N) is 1. The van der Waals surface area contributed by atoms with E-state index in [9.17, 15) is 14.4 Å². The minimum Gasteiger partial charge on any atom is -0.422 e. The molecule has 1 aromatic heterocycles. The van der Waals surface area contributed by atoms with E-state index in [1.54, 1.807) is 72.6 Å². The summed E-state index contributed by atoms with van der Waals surface area (Å²) < 4.78 is 5.43. The van der Waals surface area contributed by atoms with Crippen molar-refractivity contribution in [3.8, 4) is 11.1 Å². The number of fused-ring (bicyclic) bond motifs is 1. The van der Waals surface area contributed by atoms with Gasteiger partial charge in [0, 0.05) is 24.5 Å². The first kappa shape index (κ1) is 23.8. The van der Waals surface area contributed by atoms with Gasteiger partial charge in [-0.1, -0.05) is 72.8 Å². The van der Waals surface area contributed by atoms with Crippen molar-refractivity contribution >= 4 is 28.5 Å². The molecule has 0 spiro atoms. The van der Waals surface area contributed by atoms with Crippen molar-refractivity contribution in [1.82, 2.24) is 4.90 Å². The minimum absolute atomic E-state index is 0.196. The maximum atomic E-state index is 13.2.